The Morgan fingerprint density at radius 1 is 1.00 bits per heavy atom. The fraction of sp³-hybridized carbons (Fsp3) is 0. The van der Waals surface area contributed by atoms with Crippen molar-refractivity contribution >= 4 is 69.1 Å². The third-order valence-corrected chi connectivity index (χ3v) is 6.38. The molecule has 6 nitrogen and oxygen atoms in total. The molecule has 31 heavy (non-hydrogen) atoms. The Morgan fingerprint density at radius 2 is 1.74 bits per heavy atom. The van der Waals surface area contributed by atoms with Gasteiger partial charge >= 0.3 is 0 Å². The molecule has 0 spiro atoms. The van der Waals surface area contributed by atoms with Crippen molar-refractivity contribution < 1.29 is 14.4 Å². The van der Waals surface area contributed by atoms with E-state index in [9.17, 15) is 14.4 Å². The number of thiophene rings is 1. The van der Waals surface area contributed by atoms with Gasteiger partial charge in [0, 0.05) is 10.7 Å². The Labute approximate surface area is 191 Å². The molecule has 4 rings (SSSR count). The van der Waals surface area contributed by atoms with Gasteiger partial charge in [-0.05, 0) is 59.6 Å². The molecule has 1 aliphatic rings. The highest BCUT2D eigenvalue weighted by Crippen LogP contribution is 2.38. The summed E-state index contributed by atoms with van der Waals surface area (Å²) in [5.41, 5.74) is 1.10. The zero-order valence-electron chi connectivity index (χ0n) is 15.8. The molecular weight excluding hydrogens is 454 g/mol. The molecule has 1 aliphatic heterocycles. The predicted octanol–water partition coefficient (Wildman–Crippen LogP) is 5.20. The van der Waals surface area contributed by atoms with Crippen LogP contribution < -0.4 is 10.3 Å². The van der Waals surface area contributed by atoms with Crippen LogP contribution in [0.1, 0.15) is 9.67 Å². The van der Waals surface area contributed by atoms with Crippen molar-refractivity contribution in [1.82, 2.24) is 0 Å². The molecule has 0 unspecified atom stereocenters. The first-order valence-corrected chi connectivity index (χ1v) is 11.1. The lowest BCUT2D eigenvalue weighted by atomic mass is 10.1. The van der Waals surface area contributed by atoms with Crippen LogP contribution in [0.15, 0.2) is 87.8 Å². The maximum atomic E-state index is 12.9. The predicted molar refractivity (Wildman–Crippen MR) is 126 cm³/mol. The van der Waals surface area contributed by atoms with Crippen molar-refractivity contribution in [2.24, 2.45) is 5.10 Å². The molecule has 2 aromatic carbocycles. The van der Waals surface area contributed by atoms with Crippen LogP contribution in [-0.4, -0.2) is 23.0 Å². The summed E-state index contributed by atoms with van der Waals surface area (Å²) in [6.45, 7) is 0. The van der Waals surface area contributed by atoms with Crippen molar-refractivity contribution in [2.75, 3.05) is 10.3 Å². The van der Waals surface area contributed by atoms with E-state index in [0.29, 0.717) is 27.6 Å². The van der Waals surface area contributed by atoms with E-state index < -0.39 is 11.7 Å². The molecule has 0 aliphatic carbocycles. The maximum Gasteiger partial charge on any atom is 0.283 e. The number of allylic oxidation sites excluding steroid dienone is 1. The smallest absolute Gasteiger partial charge is 0.283 e. The van der Waals surface area contributed by atoms with Crippen LogP contribution in [0.3, 0.4) is 0 Å². The molecule has 3 aromatic rings. The number of benzene rings is 2. The maximum absolute atomic E-state index is 12.9. The molecule has 1 aromatic heterocycles. The number of halogens is 1. The number of Topliss-reactive ketones (excluding diaryl/α,β-unsaturated/α-hetero) is 1. The van der Waals surface area contributed by atoms with Gasteiger partial charge in [-0.15, -0.1) is 11.3 Å². The number of hydrogen-bond acceptors (Lipinski definition) is 7. The molecule has 0 fully saturated rings. The molecule has 2 heterocycles. The molecule has 9 heteroatoms. The molecular formula is C22H14ClN3O3S2. The number of hydrogen-bond donors (Lipinski definition) is 1. The molecule has 1 amide bonds. The minimum atomic E-state index is -0.445. The highest BCUT2D eigenvalue weighted by Gasteiger charge is 2.33. The lowest BCUT2D eigenvalue weighted by molar-refractivity contribution is -0.110. The standard InChI is InChI=1S/C22H14ClN3O3S2/c23-14-8-10-16(11-9-14)26-22(17(13-27)19(28)18-7-4-12-30-18)31-21(25-26)20(29)24-15-5-2-1-3-6-15/h1-13H,(H,24,29)/b22-17+. The molecule has 0 bridgehead atoms. The SMILES string of the molecule is O=C/C(C(=O)c1cccs1)=C1\SC(C(=O)Nc2ccccc2)=NN1c1ccc(Cl)cc1. The Kier molecular flexibility index (Phi) is 6.31. The normalized spacial score (nSPS) is 14.7. The average Bonchev–Trinajstić information content (AvgIpc) is 3.46. The van der Waals surface area contributed by atoms with E-state index in [1.807, 2.05) is 6.07 Å². The molecule has 0 saturated carbocycles. The topological polar surface area (TPSA) is 78.8 Å². The quantitative estimate of drug-likeness (QED) is 0.177. The number of carbonyl (C=O) groups is 3. The summed E-state index contributed by atoms with van der Waals surface area (Å²) in [6, 6.07) is 19.1. The Bertz CT molecular complexity index is 1190. The highest BCUT2D eigenvalue weighted by molar-refractivity contribution is 8.19. The van der Waals surface area contributed by atoms with Crippen molar-refractivity contribution in [3.63, 3.8) is 0 Å². The molecule has 154 valence electrons. The first-order chi connectivity index (χ1) is 15.1. The number of rotatable bonds is 6. The summed E-state index contributed by atoms with van der Waals surface area (Å²) in [5, 5.41) is 11.2. The van der Waals surface area contributed by atoms with Crippen LogP contribution in [-0.2, 0) is 9.59 Å². The molecule has 0 radical (unpaired) electrons. The Hall–Kier alpha value is -3.20. The number of nitrogens with zero attached hydrogens (tertiary/aromatic N) is 2. The van der Waals surface area contributed by atoms with Gasteiger partial charge in [0.15, 0.2) is 11.3 Å². The van der Waals surface area contributed by atoms with Crippen LogP contribution in [0.2, 0.25) is 5.02 Å². The van der Waals surface area contributed by atoms with E-state index >= 15 is 0 Å². The van der Waals surface area contributed by atoms with Crippen LogP contribution in [0.5, 0.6) is 0 Å². The van der Waals surface area contributed by atoms with E-state index in [1.165, 1.54) is 16.3 Å². The number of ketones is 1. The monoisotopic (exact) mass is 467 g/mol. The number of anilines is 2. The summed E-state index contributed by atoms with van der Waals surface area (Å²) >= 11 is 8.19. The molecule has 0 saturated heterocycles. The van der Waals surface area contributed by atoms with Gasteiger partial charge in [-0.25, -0.2) is 5.01 Å². The number of thioether (sulfide) groups is 1. The van der Waals surface area contributed by atoms with E-state index in [0.717, 1.165) is 11.8 Å². The number of aldehydes is 1. The van der Waals surface area contributed by atoms with Crippen molar-refractivity contribution in [2.45, 2.75) is 0 Å². The van der Waals surface area contributed by atoms with E-state index in [2.05, 4.69) is 10.4 Å². The van der Waals surface area contributed by atoms with E-state index in [1.54, 1.807) is 66.0 Å². The summed E-state index contributed by atoms with van der Waals surface area (Å²) in [5.74, 6) is -0.870. The summed E-state index contributed by atoms with van der Waals surface area (Å²) < 4.78 is 0. The second-order valence-electron chi connectivity index (χ2n) is 6.26. The minimum Gasteiger partial charge on any atom is -0.320 e. The van der Waals surface area contributed by atoms with Gasteiger partial charge in [-0.2, -0.15) is 5.10 Å². The Morgan fingerprint density at radius 3 is 2.39 bits per heavy atom. The van der Waals surface area contributed by atoms with Gasteiger partial charge in [0.2, 0.25) is 5.78 Å². The van der Waals surface area contributed by atoms with Gasteiger partial charge in [-0.1, -0.05) is 35.9 Å². The zero-order chi connectivity index (χ0) is 21.8. The van der Waals surface area contributed by atoms with Gasteiger partial charge < -0.3 is 5.32 Å². The fourth-order valence-electron chi connectivity index (χ4n) is 2.76. The number of para-hydroxylation sites is 1. The zero-order valence-corrected chi connectivity index (χ0v) is 18.2. The second-order valence-corrected chi connectivity index (χ2v) is 8.62. The molecule has 1 N–H and O–H groups in total. The van der Waals surface area contributed by atoms with E-state index in [4.69, 9.17) is 11.6 Å². The number of hydrazone groups is 1. The lowest BCUT2D eigenvalue weighted by Crippen LogP contribution is -2.19. The first kappa shape index (κ1) is 21.0. The average molecular weight is 468 g/mol. The molecule has 0 atom stereocenters. The first-order valence-electron chi connectivity index (χ1n) is 9.03. The number of amides is 1. The second kappa shape index (κ2) is 9.30. The fourth-order valence-corrected chi connectivity index (χ4v) is 4.49. The summed E-state index contributed by atoms with van der Waals surface area (Å²) in [6.07, 6.45) is 0.501. The third kappa shape index (κ3) is 4.61. The van der Waals surface area contributed by atoms with Crippen LogP contribution in [0.25, 0.3) is 0 Å². The summed E-state index contributed by atoms with van der Waals surface area (Å²) in [7, 11) is 0. The summed E-state index contributed by atoms with van der Waals surface area (Å²) in [4.78, 5) is 38.1. The van der Waals surface area contributed by atoms with Crippen LogP contribution in [0.4, 0.5) is 11.4 Å². The van der Waals surface area contributed by atoms with Crippen molar-refractivity contribution in [3.8, 4) is 0 Å². The number of nitrogens with one attached hydrogen (secondary N) is 1. The van der Waals surface area contributed by atoms with E-state index in [-0.39, 0.29) is 15.6 Å². The minimum absolute atomic E-state index is 0.0753. The third-order valence-electron chi connectivity index (χ3n) is 4.21. The van der Waals surface area contributed by atoms with Crippen LogP contribution >= 0.6 is 34.7 Å². The Balaban J connectivity index is 1.73. The van der Waals surface area contributed by atoms with Crippen LogP contribution in [0, 0.1) is 0 Å². The lowest BCUT2D eigenvalue weighted by Gasteiger charge is -2.16. The largest absolute Gasteiger partial charge is 0.320 e. The van der Waals surface area contributed by atoms with Gasteiger partial charge in [0.1, 0.15) is 5.03 Å². The van der Waals surface area contributed by atoms with Gasteiger partial charge in [-0.3, -0.25) is 14.4 Å². The van der Waals surface area contributed by atoms with Gasteiger partial charge in [0.25, 0.3) is 5.91 Å². The van der Waals surface area contributed by atoms with Crippen molar-refractivity contribution in [1.29, 1.82) is 0 Å². The van der Waals surface area contributed by atoms with Crippen molar-refractivity contribution in [3.05, 3.63) is 92.6 Å². The van der Waals surface area contributed by atoms with Gasteiger partial charge in [0.05, 0.1) is 16.1 Å². The number of carbonyl (C=O) groups excluding carboxylic acids is 3. The highest BCUT2D eigenvalue weighted by atomic mass is 35.5.